The highest BCUT2D eigenvalue weighted by molar-refractivity contribution is 5.83. The van der Waals surface area contributed by atoms with Gasteiger partial charge in [-0.1, -0.05) is 6.92 Å². The average molecular weight is 278 g/mol. The molecule has 1 unspecified atom stereocenters. The number of hydrogen-bond donors (Lipinski definition) is 1. The Morgan fingerprint density at radius 2 is 1.65 bits per heavy atom. The van der Waals surface area contributed by atoms with E-state index in [4.69, 9.17) is 0 Å². The lowest BCUT2D eigenvalue weighted by Gasteiger charge is -2.55. The summed E-state index contributed by atoms with van der Waals surface area (Å²) in [6, 6.07) is 0. The molecule has 0 aromatic carbocycles. The van der Waals surface area contributed by atoms with Crippen LogP contribution in [0.3, 0.4) is 0 Å². The molecule has 1 N–H and O–H groups in total. The van der Waals surface area contributed by atoms with E-state index in [1.807, 2.05) is 0 Å². The molecule has 1 atom stereocenters. The van der Waals surface area contributed by atoms with E-state index in [9.17, 15) is 4.79 Å². The Bertz CT molecular complexity index is 342. The minimum Gasteiger partial charge on any atom is -0.355 e. The van der Waals surface area contributed by atoms with Crippen LogP contribution in [0.2, 0.25) is 0 Å². The van der Waals surface area contributed by atoms with Crippen LogP contribution in [0.1, 0.15) is 45.4 Å². The maximum Gasteiger partial charge on any atom is 0.226 e. The molecule has 4 fully saturated rings. The highest BCUT2D eigenvalue weighted by Gasteiger charge is 2.54. The van der Waals surface area contributed by atoms with Crippen LogP contribution >= 0.6 is 0 Å². The number of nitrogens with one attached hydrogen (secondary N) is 1. The van der Waals surface area contributed by atoms with Crippen LogP contribution in [-0.4, -0.2) is 38.0 Å². The summed E-state index contributed by atoms with van der Waals surface area (Å²) in [6.45, 7) is 4.10. The van der Waals surface area contributed by atoms with Crippen molar-refractivity contribution in [3.05, 3.63) is 0 Å². The second-order valence-corrected chi connectivity index (χ2v) is 8.28. The first-order valence-corrected chi connectivity index (χ1v) is 8.40. The van der Waals surface area contributed by atoms with Gasteiger partial charge in [-0.3, -0.25) is 4.79 Å². The van der Waals surface area contributed by atoms with E-state index >= 15 is 0 Å². The number of carbonyl (C=O) groups excluding carboxylic acids is 1. The first kappa shape index (κ1) is 14.4. The molecule has 0 aromatic rings. The van der Waals surface area contributed by atoms with Gasteiger partial charge in [-0.15, -0.1) is 0 Å². The summed E-state index contributed by atoms with van der Waals surface area (Å²) in [5.41, 5.74) is 0.0204. The average Bonchev–Trinajstić information content (AvgIpc) is 2.33. The molecule has 3 nitrogen and oxygen atoms in total. The third-order valence-corrected chi connectivity index (χ3v) is 5.81. The van der Waals surface area contributed by atoms with Crippen LogP contribution in [0.25, 0.3) is 0 Å². The molecule has 3 heteroatoms. The highest BCUT2D eigenvalue weighted by Crippen LogP contribution is 2.60. The minimum atomic E-state index is 0.0204. The molecule has 0 heterocycles. The van der Waals surface area contributed by atoms with Gasteiger partial charge in [-0.2, -0.15) is 0 Å². The topological polar surface area (TPSA) is 32.3 Å². The van der Waals surface area contributed by atoms with Crippen molar-refractivity contribution in [1.82, 2.24) is 10.2 Å². The standard InChI is InChI=1S/C17H30N2O/c1-12(11-19(2)3)10-18-16(20)17-7-13-4-14(8-17)6-15(5-13)9-17/h12-15H,4-11H2,1-3H3,(H,18,20). The van der Waals surface area contributed by atoms with Gasteiger partial charge < -0.3 is 10.2 Å². The van der Waals surface area contributed by atoms with E-state index in [0.717, 1.165) is 30.8 Å². The molecular weight excluding hydrogens is 248 g/mol. The fraction of sp³-hybridized carbons (Fsp3) is 0.941. The fourth-order valence-corrected chi connectivity index (χ4v) is 5.53. The largest absolute Gasteiger partial charge is 0.355 e. The van der Waals surface area contributed by atoms with Gasteiger partial charge in [0, 0.05) is 18.5 Å². The van der Waals surface area contributed by atoms with Crippen molar-refractivity contribution in [3.63, 3.8) is 0 Å². The molecule has 0 saturated heterocycles. The number of nitrogens with zero attached hydrogens (tertiary/aromatic N) is 1. The predicted octanol–water partition coefficient (Wildman–Crippen LogP) is 2.52. The lowest BCUT2D eigenvalue weighted by Crippen LogP contribution is -2.54. The zero-order chi connectivity index (χ0) is 14.3. The van der Waals surface area contributed by atoms with Crippen molar-refractivity contribution in [1.29, 1.82) is 0 Å². The van der Waals surface area contributed by atoms with Crippen molar-refractivity contribution >= 4 is 5.91 Å². The van der Waals surface area contributed by atoms with E-state index in [1.54, 1.807) is 0 Å². The van der Waals surface area contributed by atoms with Gasteiger partial charge in [0.05, 0.1) is 0 Å². The lowest BCUT2D eigenvalue weighted by atomic mass is 9.49. The highest BCUT2D eigenvalue weighted by atomic mass is 16.2. The predicted molar refractivity (Wildman–Crippen MR) is 81.3 cm³/mol. The fourth-order valence-electron chi connectivity index (χ4n) is 5.53. The summed E-state index contributed by atoms with van der Waals surface area (Å²) >= 11 is 0. The smallest absolute Gasteiger partial charge is 0.226 e. The van der Waals surface area contributed by atoms with E-state index in [0.29, 0.717) is 11.8 Å². The van der Waals surface area contributed by atoms with Crippen molar-refractivity contribution in [3.8, 4) is 0 Å². The van der Waals surface area contributed by atoms with Gasteiger partial charge >= 0.3 is 0 Å². The molecule has 4 bridgehead atoms. The number of amides is 1. The Morgan fingerprint density at radius 3 is 2.10 bits per heavy atom. The van der Waals surface area contributed by atoms with Gasteiger partial charge in [0.2, 0.25) is 5.91 Å². The number of hydrogen-bond acceptors (Lipinski definition) is 2. The Labute approximate surface area is 123 Å². The van der Waals surface area contributed by atoms with E-state index in [2.05, 4.69) is 31.2 Å². The summed E-state index contributed by atoms with van der Waals surface area (Å²) in [4.78, 5) is 15.0. The summed E-state index contributed by atoms with van der Waals surface area (Å²) < 4.78 is 0. The Balaban J connectivity index is 1.57. The van der Waals surface area contributed by atoms with Crippen molar-refractivity contribution in [2.45, 2.75) is 45.4 Å². The Morgan fingerprint density at radius 1 is 1.15 bits per heavy atom. The number of rotatable bonds is 5. The van der Waals surface area contributed by atoms with Gasteiger partial charge in [0.15, 0.2) is 0 Å². The molecule has 114 valence electrons. The molecule has 0 aliphatic heterocycles. The maximum absolute atomic E-state index is 12.8. The Hall–Kier alpha value is -0.570. The van der Waals surface area contributed by atoms with Crippen LogP contribution in [0.5, 0.6) is 0 Å². The quantitative estimate of drug-likeness (QED) is 0.838. The van der Waals surface area contributed by atoms with Gasteiger partial charge in [-0.25, -0.2) is 0 Å². The zero-order valence-electron chi connectivity index (χ0n) is 13.3. The summed E-state index contributed by atoms with van der Waals surface area (Å²) in [6.07, 6.45) is 7.74. The molecule has 0 radical (unpaired) electrons. The minimum absolute atomic E-state index is 0.0204. The van der Waals surface area contributed by atoms with Crippen LogP contribution in [0.4, 0.5) is 0 Å². The molecule has 4 aliphatic carbocycles. The van der Waals surface area contributed by atoms with Crippen molar-refractivity contribution < 1.29 is 4.79 Å². The molecule has 0 spiro atoms. The molecular formula is C17H30N2O. The van der Waals surface area contributed by atoms with Crippen LogP contribution in [0, 0.1) is 29.1 Å². The second kappa shape index (κ2) is 5.32. The molecule has 20 heavy (non-hydrogen) atoms. The maximum atomic E-state index is 12.8. The molecule has 4 rings (SSSR count). The lowest BCUT2D eigenvalue weighted by molar-refractivity contribution is -0.146. The summed E-state index contributed by atoms with van der Waals surface area (Å²) in [7, 11) is 4.19. The third-order valence-electron chi connectivity index (χ3n) is 5.81. The third kappa shape index (κ3) is 2.74. The molecule has 1 amide bonds. The van der Waals surface area contributed by atoms with Gasteiger partial charge in [0.25, 0.3) is 0 Å². The zero-order valence-corrected chi connectivity index (χ0v) is 13.3. The summed E-state index contributed by atoms with van der Waals surface area (Å²) in [5.74, 6) is 3.47. The first-order chi connectivity index (χ1) is 9.47. The van der Waals surface area contributed by atoms with Crippen LogP contribution < -0.4 is 5.32 Å². The van der Waals surface area contributed by atoms with Crippen LogP contribution in [-0.2, 0) is 4.79 Å². The second-order valence-electron chi connectivity index (χ2n) is 8.28. The van der Waals surface area contributed by atoms with E-state index in [1.165, 1.54) is 38.5 Å². The monoisotopic (exact) mass is 278 g/mol. The first-order valence-electron chi connectivity index (χ1n) is 8.40. The molecule has 4 aliphatic rings. The Kier molecular flexibility index (Phi) is 3.83. The SMILES string of the molecule is CC(CNC(=O)C12CC3CC(CC(C3)C1)C2)CN(C)C. The van der Waals surface area contributed by atoms with Gasteiger partial charge in [0.1, 0.15) is 0 Å². The van der Waals surface area contributed by atoms with E-state index < -0.39 is 0 Å². The van der Waals surface area contributed by atoms with Crippen LogP contribution in [0.15, 0.2) is 0 Å². The van der Waals surface area contributed by atoms with E-state index in [-0.39, 0.29) is 5.41 Å². The van der Waals surface area contributed by atoms with Crippen molar-refractivity contribution in [2.24, 2.45) is 29.1 Å². The summed E-state index contributed by atoms with van der Waals surface area (Å²) in [5, 5.41) is 3.28. The number of carbonyl (C=O) groups is 1. The van der Waals surface area contributed by atoms with Crippen molar-refractivity contribution in [2.75, 3.05) is 27.2 Å². The van der Waals surface area contributed by atoms with Gasteiger partial charge in [-0.05, 0) is 76.3 Å². The normalized spacial score (nSPS) is 40.1. The molecule has 4 saturated carbocycles. The molecule has 0 aromatic heterocycles.